The first kappa shape index (κ1) is 14.3. The molecule has 1 N–H and O–H groups in total. The second-order valence-electron chi connectivity index (χ2n) is 5.69. The van der Waals surface area contributed by atoms with E-state index in [4.69, 9.17) is 0 Å². The number of aryl methyl sites for hydroxylation is 1. The highest BCUT2D eigenvalue weighted by Gasteiger charge is 2.28. The minimum Gasteiger partial charge on any atom is -0.313 e. The third kappa shape index (κ3) is 3.16. The second-order valence-corrected chi connectivity index (χ2v) is 7.47. The first-order valence-electron chi connectivity index (χ1n) is 7.69. The van der Waals surface area contributed by atoms with E-state index in [2.05, 4.69) is 40.5 Å². The molecule has 2 atom stereocenters. The van der Waals surface area contributed by atoms with E-state index < -0.39 is 0 Å². The molecule has 0 bridgehead atoms. The van der Waals surface area contributed by atoms with Crippen molar-refractivity contribution >= 4 is 22.7 Å². The van der Waals surface area contributed by atoms with Crippen molar-refractivity contribution in [3.8, 4) is 0 Å². The summed E-state index contributed by atoms with van der Waals surface area (Å²) >= 11 is 3.77. The van der Waals surface area contributed by atoms with Gasteiger partial charge in [-0.15, -0.1) is 11.3 Å². The van der Waals surface area contributed by atoms with Crippen molar-refractivity contribution in [3.05, 3.63) is 44.3 Å². The Labute approximate surface area is 130 Å². The highest BCUT2D eigenvalue weighted by atomic mass is 32.1. The molecule has 20 heavy (non-hydrogen) atoms. The van der Waals surface area contributed by atoms with E-state index in [1.165, 1.54) is 37.7 Å². The van der Waals surface area contributed by atoms with Gasteiger partial charge in [0.2, 0.25) is 0 Å². The zero-order chi connectivity index (χ0) is 13.8. The van der Waals surface area contributed by atoms with Crippen LogP contribution in [0.25, 0.3) is 0 Å². The van der Waals surface area contributed by atoms with E-state index in [1.807, 2.05) is 22.7 Å². The van der Waals surface area contributed by atoms with E-state index in [9.17, 15) is 0 Å². The predicted molar refractivity (Wildman–Crippen MR) is 90.1 cm³/mol. The molecule has 1 aliphatic rings. The molecule has 0 aliphatic heterocycles. The maximum absolute atomic E-state index is 3.82. The average molecular weight is 306 g/mol. The summed E-state index contributed by atoms with van der Waals surface area (Å²) < 4.78 is 0. The van der Waals surface area contributed by atoms with E-state index in [1.54, 1.807) is 10.4 Å². The topological polar surface area (TPSA) is 12.0 Å². The Bertz CT molecular complexity index is 515. The van der Waals surface area contributed by atoms with Crippen LogP contribution in [0.3, 0.4) is 0 Å². The van der Waals surface area contributed by atoms with Crippen LogP contribution in [0.1, 0.15) is 48.1 Å². The Morgan fingerprint density at radius 2 is 2.30 bits per heavy atom. The summed E-state index contributed by atoms with van der Waals surface area (Å²) in [5.41, 5.74) is 3.12. The van der Waals surface area contributed by atoms with Gasteiger partial charge in [0.25, 0.3) is 0 Å². The Morgan fingerprint density at radius 3 is 3.10 bits per heavy atom. The lowest BCUT2D eigenvalue weighted by atomic mass is 9.80. The quantitative estimate of drug-likeness (QED) is 0.805. The first-order valence-corrected chi connectivity index (χ1v) is 9.51. The Balaban J connectivity index is 1.79. The normalized spacial score (nSPS) is 19.8. The lowest BCUT2D eigenvalue weighted by molar-refractivity contribution is 0.392. The fourth-order valence-corrected chi connectivity index (χ4v) is 4.97. The van der Waals surface area contributed by atoms with Crippen molar-refractivity contribution < 1.29 is 0 Å². The second kappa shape index (κ2) is 6.88. The summed E-state index contributed by atoms with van der Waals surface area (Å²) in [5, 5.41) is 10.6. The van der Waals surface area contributed by atoms with Gasteiger partial charge < -0.3 is 5.32 Å². The van der Waals surface area contributed by atoms with E-state index >= 15 is 0 Å². The molecule has 108 valence electrons. The van der Waals surface area contributed by atoms with E-state index in [-0.39, 0.29) is 0 Å². The van der Waals surface area contributed by atoms with Crippen LogP contribution < -0.4 is 5.32 Å². The van der Waals surface area contributed by atoms with Crippen LogP contribution >= 0.6 is 22.7 Å². The van der Waals surface area contributed by atoms with Crippen LogP contribution in [0, 0.1) is 0 Å². The summed E-state index contributed by atoms with van der Waals surface area (Å²) in [5.74, 6) is 0.705. The molecule has 0 saturated carbocycles. The number of hydrogen-bond acceptors (Lipinski definition) is 3. The molecular formula is C17H23NS2. The molecular weight excluding hydrogens is 282 g/mol. The van der Waals surface area contributed by atoms with Crippen LogP contribution in [-0.4, -0.2) is 12.6 Å². The molecule has 1 nitrogen and oxygen atoms in total. The van der Waals surface area contributed by atoms with Gasteiger partial charge in [-0.25, -0.2) is 0 Å². The van der Waals surface area contributed by atoms with Gasteiger partial charge in [0, 0.05) is 16.8 Å². The standard InChI is InChI=1S/C17H23NS2/c1-2-8-18-16(11-13-6-9-19-12-13)14-4-3-5-17-15(14)7-10-20-17/h6-7,9-10,12,14,16,18H,2-5,8,11H2,1H3. The maximum atomic E-state index is 3.82. The predicted octanol–water partition coefficient (Wildman–Crippen LogP) is 4.84. The van der Waals surface area contributed by atoms with Crippen molar-refractivity contribution in [2.24, 2.45) is 0 Å². The van der Waals surface area contributed by atoms with E-state index in [0.29, 0.717) is 12.0 Å². The van der Waals surface area contributed by atoms with Crippen LogP contribution in [0.15, 0.2) is 28.3 Å². The number of fused-ring (bicyclic) bond motifs is 1. The zero-order valence-corrected chi connectivity index (χ0v) is 13.7. The summed E-state index contributed by atoms with van der Waals surface area (Å²) in [6, 6.07) is 5.25. The molecule has 1 aliphatic carbocycles. The fourth-order valence-electron chi connectivity index (χ4n) is 3.29. The molecule has 3 heteroatoms. The van der Waals surface area contributed by atoms with Gasteiger partial charge in [0.15, 0.2) is 0 Å². The minimum atomic E-state index is 0.596. The van der Waals surface area contributed by atoms with Crippen molar-refractivity contribution in [2.75, 3.05) is 6.54 Å². The Hall–Kier alpha value is -0.640. The zero-order valence-electron chi connectivity index (χ0n) is 12.1. The van der Waals surface area contributed by atoms with Crippen molar-refractivity contribution in [1.82, 2.24) is 5.32 Å². The number of rotatable bonds is 6. The van der Waals surface area contributed by atoms with Gasteiger partial charge in [-0.1, -0.05) is 6.92 Å². The molecule has 2 heterocycles. The van der Waals surface area contributed by atoms with Crippen LogP contribution in [0.5, 0.6) is 0 Å². The molecule has 0 aromatic carbocycles. The molecule has 3 rings (SSSR count). The largest absolute Gasteiger partial charge is 0.313 e. The first-order chi connectivity index (χ1) is 9.88. The van der Waals surface area contributed by atoms with Gasteiger partial charge >= 0.3 is 0 Å². The van der Waals surface area contributed by atoms with Gasteiger partial charge in [0.05, 0.1) is 0 Å². The van der Waals surface area contributed by atoms with Crippen molar-refractivity contribution in [3.63, 3.8) is 0 Å². The number of nitrogens with one attached hydrogen (secondary N) is 1. The van der Waals surface area contributed by atoms with Crippen LogP contribution in [0.2, 0.25) is 0 Å². The molecule has 2 aromatic rings. The fraction of sp³-hybridized carbons (Fsp3) is 0.529. The molecule has 2 aromatic heterocycles. The third-order valence-electron chi connectivity index (χ3n) is 4.28. The Kier molecular flexibility index (Phi) is 4.92. The molecule has 0 radical (unpaired) electrons. The molecule has 0 spiro atoms. The summed E-state index contributed by atoms with van der Waals surface area (Å²) in [6.07, 6.45) is 6.37. The molecule has 2 unspecified atom stereocenters. The SMILES string of the molecule is CCCNC(Cc1ccsc1)C1CCCc2sccc21. The summed E-state index contributed by atoms with van der Waals surface area (Å²) in [6.45, 7) is 3.39. The average Bonchev–Trinajstić information content (AvgIpc) is 3.13. The summed E-state index contributed by atoms with van der Waals surface area (Å²) in [4.78, 5) is 1.63. The van der Waals surface area contributed by atoms with Gasteiger partial charge in [-0.2, -0.15) is 11.3 Å². The summed E-state index contributed by atoms with van der Waals surface area (Å²) in [7, 11) is 0. The van der Waals surface area contributed by atoms with Crippen LogP contribution in [0.4, 0.5) is 0 Å². The minimum absolute atomic E-state index is 0.596. The van der Waals surface area contributed by atoms with E-state index in [0.717, 1.165) is 6.54 Å². The molecule has 0 fully saturated rings. The number of thiophene rings is 2. The highest BCUT2D eigenvalue weighted by molar-refractivity contribution is 7.10. The van der Waals surface area contributed by atoms with Gasteiger partial charge in [0.1, 0.15) is 0 Å². The third-order valence-corrected chi connectivity index (χ3v) is 6.00. The lowest BCUT2D eigenvalue weighted by Crippen LogP contribution is -2.38. The van der Waals surface area contributed by atoms with Crippen molar-refractivity contribution in [1.29, 1.82) is 0 Å². The molecule has 0 amide bonds. The van der Waals surface area contributed by atoms with Crippen LogP contribution in [-0.2, 0) is 12.8 Å². The maximum Gasteiger partial charge on any atom is 0.0177 e. The molecule has 0 saturated heterocycles. The Morgan fingerprint density at radius 1 is 1.35 bits per heavy atom. The van der Waals surface area contributed by atoms with Gasteiger partial charge in [-0.05, 0) is 78.0 Å². The highest BCUT2D eigenvalue weighted by Crippen LogP contribution is 2.37. The number of hydrogen-bond donors (Lipinski definition) is 1. The van der Waals surface area contributed by atoms with Crippen molar-refractivity contribution in [2.45, 2.75) is 51.0 Å². The monoisotopic (exact) mass is 305 g/mol. The van der Waals surface area contributed by atoms with Gasteiger partial charge in [-0.3, -0.25) is 0 Å². The smallest absolute Gasteiger partial charge is 0.0177 e. The lowest BCUT2D eigenvalue weighted by Gasteiger charge is -2.31.